The third-order valence-corrected chi connectivity index (χ3v) is 11.0. The molecule has 2 fully saturated rings. The second-order valence-corrected chi connectivity index (χ2v) is 14.5. The molecule has 18 nitrogen and oxygen atoms in total. The largest absolute Gasteiger partial charge is 0.481 e. The average molecular weight is 676 g/mol. The number of nitrogens with two attached hydrogens (primary N) is 1. The number of phosphoric acid groups is 1. The first-order valence-corrected chi connectivity index (χ1v) is 16.7. The quantitative estimate of drug-likeness (QED) is 0.0884. The van der Waals surface area contributed by atoms with E-state index in [9.17, 15) is 45.0 Å². The van der Waals surface area contributed by atoms with Crippen LogP contribution in [0.2, 0.25) is 0 Å². The van der Waals surface area contributed by atoms with Crippen molar-refractivity contribution in [1.82, 2.24) is 9.97 Å². The van der Waals surface area contributed by atoms with E-state index < -0.39 is 88.5 Å². The molecule has 4 heterocycles. The molecule has 0 bridgehead atoms. The monoisotopic (exact) mass is 675 g/mol. The van der Waals surface area contributed by atoms with Crippen LogP contribution >= 0.6 is 25.9 Å². The zero-order valence-corrected chi connectivity index (χ0v) is 24.4. The molecular weight excluding hydrogens is 648 g/mol. The Kier molecular flexibility index (Phi) is 10.1. The van der Waals surface area contributed by atoms with Gasteiger partial charge in [0.25, 0.3) is 0 Å². The van der Waals surface area contributed by atoms with Gasteiger partial charge in [-0.3, -0.25) is 4.52 Å². The Balaban J connectivity index is 1.44. The van der Waals surface area contributed by atoms with E-state index in [4.69, 9.17) is 43.1 Å². The van der Waals surface area contributed by atoms with Gasteiger partial charge in [-0.15, -0.1) is 17.8 Å². The van der Waals surface area contributed by atoms with Crippen molar-refractivity contribution in [1.29, 1.82) is 0 Å². The minimum Gasteiger partial charge on any atom is -0.394 e. The molecule has 22 heteroatoms. The Bertz CT molecular complexity index is 1430. The molecular formula is C20H27N3O15P2S2. The first-order chi connectivity index (χ1) is 19.5. The molecule has 2 aromatic rings. The topological polar surface area (TPSA) is 297 Å². The summed E-state index contributed by atoms with van der Waals surface area (Å²) in [7, 11) is -5.48. The average Bonchev–Trinajstić information content (AvgIpc) is 3.46. The van der Waals surface area contributed by atoms with E-state index in [1.165, 1.54) is 6.33 Å². The first kappa shape index (κ1) is 33.6. The Morgan fingerprint density at radius 2 is 1.90 bits per heavy atom. The van der Waals surface area contributed by atoms with Crippen molar-refractivity contribution in [2.24, 2.45) is 0 Å². The van der Waals surface area contributed by atoms with E-state index in [0.29, 0.717) is 10.2 Å². The standard InChI is InChI=1S/C20H27N3O15P2S2/c1-2-20(30)16(29)9(35-17(20)7-5-42-15-10(7)22-6-23-18(15)21)4-34-40(33,41)38-39(31,32)37-19-13(28)11(26)12(27)14(36-19)8(25)3-24/h1,5-6,8-9,11-14,16-17,19,24-30H,3-4H2,(H,31,32)(H,33,41)(H2,21,22,23)/t8-,9+,11?,12?,13?,14?,16+,17-,19?,20+,40?/m0/s1. The third-order valence-electron chi connectivity index (χ3n) is 6.45. The summed E-state index contributed by atoms with van der Waals surface area (Å²) in [4.78, 5) is 28.5. The fourth-order valence-electron chi connectivity index (χ4n) is 4.32. The van der Waals surface area contributed by atoms with Gasteiger partial charge in [0.15, 0.2) is 11.9 Å². The lowest BCUT2D eigenvalue weighted by Gasteiger charge is -2.41. The van der Waals surface area contributed by atoms with Crippen LogP contribution in [0, 0.1) is 12.3 Å². The summed E-state index contributed by atoms with van der Waals surface area (Å²) in [6, 6.07) is 0. The number of nitrogen functional groups attached to an aromatic ring is 1. The molecule has 4 rings (SSSR count). The van der Waals surface area contributed by atoms with Gasteiger partial charge in [0.05, 0.1) is 23.4 Å². The molecule has 0 saturated carbocycles. The number of aliphatic hydroxyl groups is 7. The Hall–Kier alpha value is -1.28. The SMILES string of the molecule is C#C[C@@]1(O)[C@H](O)[C@@H](COP(O)(=S)OP(=O)(O)OC2OC([C@@H](O)CO)C(O)C(O)C2O)O[C@H]1c1csc2c(N)ncnc12. The number of aliphatic hydroxyl groups excluding tert-OH is 6. The van der Waals surface area contributed by atoms with Gasteiger partial charge in [0.1, 0.15) is 61.0 Å². The van der Waals surface area contributed by atoms with Crippen LogP contribution in [0.5, 0.6) is 0 Å². The van der Waals surface area contributed by atoms with Crippen LogP contribution in [0.25, 0.3) is 10.2 Å². The maximum absolute atomic E-state index is 12.6. The highest BCUT2D eigenvalue weighted by atomic mass is 32.5. The summed E-state index contributed by atoms with van der Waals surface area (Å²) in [5, 5.41) is 72.2. The van der Waals surface area contributed by atoms with E-state index in [1.807, 2.05) is 0 Å². The number of terminal acetylenes is 1. The molecule has 2 aliphatic heterocycles. The molecule has 0 spiro atoms. The van der Waals surface area contributed by atoms with Gasteiger partial charge in [0, 0.05) is 5.56 Å². The minimum absolute atomic E-state index is 0.157. The van der Waals surface area contributed by atoms with Crippen LogP contribution in [0.4, 0.5) is 5.82 Å². The number of ether oxygens (including phenoxy) is 2. The first-order valence-electron chi connectivity index (χ1n) is 11.7. The molecule has 0 radical (unpaired) electrons. The number of thiophene rings is 1. The number of anilines is 1. The summed E-state index contributed by atoms with van der Waals surface area (Å²) < 4.78 is 38.0. The van der Waals surface area contributed by atoms with Crippen molar-refractivity contribution in [2.45, 2.75) is 60.7 Å². The maximum Gasteiger partial charge on any atom is 0.481 e. The molecule has 7 unspecified atom stereocenters. The second-order valence-electron chi connectivity index (χ2n) is 9.21. The molecule has 0 aliphatic carbocycles. The number of hydrogen-bond donors (Lipinski definition) is 10. The highest BCUT2D eigenvalue weighted by Gasteiger charge is 2.56. The summed E-state index contributed by atoms with van der Waals surface area (Å²) >= 11 is 5.87. The number of phosphoric ester groups is 1. The van der Waals surface area contributed by atoms with E-state index in [1.54, 1.807) is 5.38 Å². The lowest BCUT2D eigenvalue weighted by molar-refractivity contribution is -0.292. The van der Waals surface area contributed by atoms with Gasteiger partial charge in [-0.1, -0.05) is 5.92 Å². The van der Waals surface area contributed by atoms with E-state index >= 15 is 0 Å². The summed E-state index contributed by atoms with van der Waals surface area (Å²) in [5.74, 6) is 2.23. The normalized spacial score (nSPS) is 37.1. The van der Waals surface area contributed by atoms with Crippen LogP contribution in [0.3, 0.4) is 0 Å². The number of fused-ring (bicyclic) bond motifs is 1. The lowest BCUT2D eigenvalue weighted by Crippen LogP contribution is -2.61. The number of hydrogen-bond acceptors (Lipinski definition) is 18. The highest BCUT2D eigenvalue weighted by Crippen LogP contribution is 2.62. The number of aromatic nitrogens is 2. The van der Waals surface area contributed by atoms with Gasteiger partial charge in [0.2, 0.25) is 0 Å². The Morgan fingerprint density at radius 1 is 1.21 bits per heavy atom. The third kappa shape index (κ3) is 6.55. The molecule has 42 heavy (non-hydrogen) atoms. The van der Waals surface area contributed by atoms with Crippen molar-refractivity contribution in [3.63, 3.8) is 0 Å². The van der Waals surface area contributed by atoms with Gasteiger partial charge >= 0.3 is 14.5 Å². The minimum atomic E-state index is -5.48. The fraction of sp³-hybridized carbons (Fsp3) is 0.600. The van der Waals surface area contributed by atoms with Gasteiger partial charge in [-0.2, -0.15) is 0 Å². The Morgan fingerprint density at radius 3 is 2.55 bits per heavy atom. The molecule has 0 aromatic carbocycles. The summed E-state index contributed by atoms with van der Waals surface area (Å²) in [6.45, 7) is -6.51. The zero-order chi connectivity index (χ0) is 31.2. The van der Waals surface area contributed by atoms with Gasteiger partial charge < -0.3 is 65.3 Å². The molecule has 2 aromatic heterocycles. The molecule has 11 N–H and O–H groups in total. The van der Waals surface area contributed by atoms with Crippen LogP contribution < -0.4 is 5.73 Å². The number of rotatable bonds is 10. The predicted molar refractivity (Wildman–Crippen MR) is 143 cm³/mol. The maximum atomic E-state index is 12.6. The van der Waals surface area contributed by atoms with Crippen molar-refractivity contribution in [3.8, 4) is 12.3 Å². The summed E-state index contributed by atoms with van der Waals surface area (Å²) in [6.07, 6.45) is -9.89. The molecule has 234 valence electrons. The van der Waals surface area contributed by atoms with Crippen LogP contribution in [-0.2, 0) is 39.2 Å². The molecule has 12 atom stereocenters. The lowest BCUT2D eigenvalue weighted by atomic mass is 9.88. The molecule has 0 amide bonds. The molecule has 2 saturated heterocycles. The van der Waals surface area contributed by atoms with E-state index in [0.717, 1.165) is 11.3 Å². The van der Waals surface area contributed by atoms with Crippen molar-refractivity contribution < 1.29 is 72.9 Å². The predicted octanol–water partition coefficient (Wildman–Crippen LogP) is -3.03. The number of nitrogens with zero attached hydrogens (tertiary/aromatic N) is 2. The highest BCUT2D eigenvalue weighted by molar-refractivity contribution is 8.08. The van der Waals surface area contributed by atoms with E-state index in [2.05, 4.69) is 24.7 Å². The van der Waals surface area contributed by atoms with Gasteiger partial charge in [-0.25, -0.2) is 18.8 Å². The van der Waals surface area contributed by atoms with E-state index in [-0.39, 0.29) is 11.4 Å². The molecule has 2 aliphatic rings. The fourth-order valence-corrected chi connectivity index (χ4v) is 8.36. The second kappa shape index (κ2) is 12.6. The van der Waals surface area contributed by atoms with Crippen LogP contribution in [0.1, 0.15) is 11.7 Å². The van der Waals surface area contributed by atoms with Crippen LogP contribution in [-0.4, -0.2) is 123 Å². The van der Waals surface area contributed by atoms with Crippen molar-refractivity contribution >= 4 is 53.7 Å². The zero-order valence-electron chi connectivity index (χ0n) is 21.0. The van der Waals surface area contributed by atoms with Crippen molar-refractivity contribution in [3.05, 3.63) is 17.3 Å². The van der Waals surface area contributed by atoms with Gasteiger partial charge in [-0.05, 0) is 17.2 Å². The Labute approximate surface area is 245 Å². The summed E-state index contributed by atoms with van der Waals surface area (Å²) in [5.41, 5.74) is 4.09. The smallest absolute Gasteiger partial charge is 0.394 e. The van der Waals surface area contributed by atoms with Crippen LogP contribution in [0.15, 0.2) is 11.7 Å². The van der Waals surface area contributed by atoms with Crippen molar-refractivity contribution in [2.75, 3.05) is 18.9 Å².